The number of benzene rings is 1. The van der Waals surface area contributed by atoms with Crippen LogP contribution in [0.5, 0.6) is 5.75 Å². The molecule has 3 aromatic rings. The van der Waals surface area contributed by atoms with Crippen molar-refractivity contribution in [2.75, 3.05) is 7.11 Å². The average Bonchev–Trinajstić information content (AvgIpc) is 2.80. The van der Waals surface area contributed by atoms with Crippen LogP contribution < -0.4 is 4.74 Å². The average molecular weight is 322 g/mol. The fourth-order valence-electron chi connectivity index (χ4n) is 1.83. The summed E-state index contributed by atoms with van der Waals surface area (Å²) in [6.07, 6.45) is 1.67. The molecule has 0 aliphatic rings. The van der Waals surface area contributed by atoms with Crippen molar-refractivity contribution in [3.05, 3.63) is 46.9 Å². The standard InChI is InChI=1S/C13H9BrFN3O/c1-19-11-4-2-8(6-9(11)15)10-3-5-13-16-7-12(14)18(13)17-10/h2-7H,1H3. The van der Waals surface area contributed by atoms with Gasteiger partial charge in [0.2, 0.25) is 0 Å². The van der Waals surface area contributed by atoms with Crippen molar-refractivity contribution in [1.29, 1.82) is 0 Å². The van der Waals surface area contributed by atoms with Crippen molar-refractivity contribution in [2.24, 2.45) is 0 Å². The topological polar surface area (TPSA) is 39.4 Å². The Morgan fingerprint density at radius 3 is 2.84 bits per heavy atom. The van der Waals surface area contributed by atoms with Gasteiger partial charge in [0.05, 0.1) is 19.0 Å². The van der Waals surface area contributed by atoms with Gasteiger partial charge in [0.15, 0.2) is 17.2 Å². The lowest BCUT2D eigenvalue weighted by molar-refractivity contribution is 0.386. The van der Waals surface area contributed by atoms with Crippen LogP contribution in [-0.4, -0.2) is 21.7 Å². The predicted octanol–water partition coefficient (Wildman–Crippen LogP) is 3.31. The normalized spacial score (nSPS) is 10.9. The number of hydrogen-bond donors (Lipinski definition) is 0. The lowest BCUT2D eigenvalue weighted by atomic mass is 10.1. The van der Waals surface area contributed by atoms with Crippen LogP contribution in [0.4, 0.5) is 4.39 Å². The molecule has 0 unspecified atom stereocenters. The van der Waals surface area contributed by atoms with Gasteiger partial charge in [0.25, 0.3) is 0 Å². The number of methoxy groups -OCH3 is 1. The third-order valence-corrected chi connectivity index (χ3v) is 3.31. The van der Waals surface area contributed by atoms with E-state index in [0.717, 1.165) is 10.3 Å². The largest absolute Gasteiger partial charge is 0.494 e. The molecule has 4 nitrogen and oxygen atoms in total. The summed E-state index contributed by atoms with van der Waals surface area (Å²) in [7, 11) is 1.44. The summed E-state index contributed by atoms with van der Waals surface area (Å²) in [6.45, 7) is 0. The Morgan fingerprint density at radius 2 is 2.11 bits per heavy atom. The molecule has 0 amide bonds. The lowest BCUT2D eigenvalue weighted by Gasteiger charge is -2.05. The summed E-state index contributed by atoms with van der Waals surface area (Å²) in [4.78, 5) is 4.16. The fraction of sp³-hybridized carbons (Fsp3) is 0.0769. The molecule has 0 atom stereocenters. The fourth-order valence-corrected chi connectivity index (χ4v) is 2.19. The molecule has 2 aromatic heterocycles. The number of rotatable bonds is 2. The molecule has 19 heavy (non-hydrogen) atoms. The zero-order valence-electron chi connectivity index (χ0n) is 9.97. The third kappa shape index (κ3) is 2.08. The van der Waals surface area contributed by atoms with E-state index in [4.69, 9.17) is 4.74 Å². The molecule has 1 aromatic carbocycles. The Labute approximate surface area is 117 Å². The van der Waals surface area contributed by atoms with Gasteiger partial charge in [-0.05, 0) is 46.3 Å². The number of fused-ring (bicyclic) bond motifs is 1. The van der Waals surface area contributed by atoms with Crippen molar-refractivity contribution in [2.45, 2.75) is 0 Å². The molecule has 0 radical (unpaired) electrons. The van der Waals surface area contributed by atoms with Crippen molar-refractivity contribution >= 4 is 21.6 Å². The molecule has 0 aliphatic heterocycles. The van der Waals surface area contributed by atoms with Gasteiger partial charge in [-0.2, -0.15) is 5.10 Å². The zero-order chi connectivity index (χ0) is 13.4. The second-order valence-corrected chi connectivity index (χ2v) is 4.73. The number of imidazole rings is 1. The Kier molecular flexibility index (Phi) is 2.94. The molecule has 0 aliphatic carbocycles. The molecule has 0 saturated heterocycles. The monoisotopic (exact) mass is 321 g/mol. The van der Waals surface area contributed by atoms with E-state index in [2.05, 4.69) is 26.0 Å². The third-order valence-electron chi connectivity index (χ3n) is 2.77. The van der Waals surface area contributed by atoms with Crippen LogP contribution in [0.25, 0.3) is 16.9 Å². The first kappa shape index (κ1) is 12.1. The highest BCUT2D eigenvalue weighted by atomic mass is 79.9. The van der Waals surface area contributed by atoms with E-state index in [9.17, 15) is 4.39 Å². The maximum Gasteiger partial charge on any atom is 0.165 e. The van der Waals surface area contributed by atoms with Gasteiger partial charge in [-0.25, -0.2) is 13.9 Å². The summed E-state index contributed by atoms with van der Waals surface area (Å²) in [6, 6.07) is 8.38. The number of halogens is 2. The molecular weight excluding hydrogens is 313 g/mol. The van der Waals surface area contributed by atoms with Gasteiger partial charge in [-0.3, -0.25) is 0 Å². The highest BCUT2D eigenvalue weighted by Crippen LogP contribution is 2.24. The second kappa shape index (κ2) is 4.62. The van der Waals surface area contributed by atoms with Gasteiger partial charge in [0, 0.05) is 5.56 Å². The molecule has 3 rings (SSSR count). The van der Waals surface area contributed by atoms with E-state index < -0.39 is 5.82 Å². The molecule has 0 fully saturated rings. The minimum absolute atomic E-state index is 0.216. The summed E-state index contributed by atoms with van der Waals surface area (Å²) in [5.74, 6) is -0.194. The van der Waals surface area contributed by atoms with Gasteiger partial charge >= 0.3 is 0 Å². The van der Waals surface area contributed by atoms with Crippen molar-refractivity contribution < 1.29 is 9.13 Å². The molecular formula is C13H9BrFN3O. The predicted molar refractivity (Wildman–Crippen MR) is 72.6 cm³/mol. The van der Waals surface area contributed by atoms with E-state index in [1.807, 2.05) is 6.07 Å². The van der Waals surface area contributed by atoms with Crippen LogP contribution in [0.2, 0.25) is 0 Å². The smallest absolute Gasteiger partial charge is 0.165 e. The van der Waals surface area contributed by atoms with Gasteiger partial charge in [-0.1, -0.05) is 0 Å². The maximum atomic E-state index is 13.7. The summed E-state index contributed by atoms with van der Waals surface area (Å²) >= 11 is 3.35. The van der Waals surface area contributed by atoms with Crippen molar-refractivity contribution in [1.82, 2.24) is 14.6 Å². The molecule has 0 bridgehead atoms. The Hall–Kier alpha value is -1.95. The molecule has 6 heteroatoms. The Morgan fingerprint density at radius 1 is 1.26 bits per heavy atom. The SMILES string of the molecule is COc1ccc(-c2ccc3ncc(Br)n3n2)cc1F. The number of aromatic nitrogens is 3. The number of ether oxygens (including phenoxy) is 1. The zero-order valence-corrected chi connectivity index (χ0v) is 11.6. The lowest BCUT2D eigenvalue weighted by Crippen LogP contribution is -1.95. The first-order chi connectivity index (χ1) is 9.19. The maximum absolute atomic E-state index is 13.7. The van der Waals surface area contributed by atoms with Gasteiger partial charge in [-0.15, -0.1) is 0 Å². The minimum Gasteiger partial charge on any atom is -0.494 e. The van der Waals surface area contributed by atoms with Gasteiger partial charge in [0.1, 0.15) is 4.60 Å². The van der Waals surface area contributed by atoms with Crippen LogP contribution in [0.3, 0.4) is 0 Å². The summed E-state index contributed by atoms with van der Waals surface area (Å²) in [5.41, 5.74) is 2.07. The van der Waals surface area contributed by atoms with Crippen LogP contribution in [-0.2, 0) is 0 Å². The van der Waals surface area contributed by atoms with E-state index in [-0.39, 0.29) is 5.75 Å². The summed E-state index contributed by atoms with van der Waals surface area (Å²) < 4.78 is 21.0. The van der Waals surface area contributed by atoms with Crippen molar-refractivity contribution in [3.8, 4) is 17.0 Å². The minimum atomic E-state index is -0.411. The quantitative estimate of drug-likeness (QED) is 0.727. The second-order valence-electron chi connectivity index (χ2n) is 3.92. The van der Waals surface area contributed by atoms with E-state index in [1.54, 1.807) is 28.9 Å². The highest BCUT2D eigenvalue weighted by molar-refractivity contribution is 9.10. The Balaban J connectivity index is 2.13. The van der Waals surface area contributed by atoms with E-state index >= 15 is 0 Å². The first-order valence-electron chi connectivity index (χ1n) is 5.53. The number of hydrogen-bond acceptors (Lipinski definition) is 3. The van der Waals surface area contributed by atoms with Crippen LogP contribution in [0, 0.1) is 5.82 Å². The summed E-state index contributed by atoms with van der Waals surface area (Å²) in [5, 5.41) is 4.40. The number of nitrogens with zero attached hydrogens (tertiary/aromatic N) is 3. The van der Waals surface area contributed by atoms with Crippen LogP contribution >= 0.6 is 15.9 Å². The van der Waals surface area contributed by atoms with Gasteiger partial charge < -0.3 is 4.74 Å². The van der Waals surface area contributed by atoms with Crippen LogP contribution in [0.1, 0.15) is 0 Å². The highest BCUT2D eigenvalue weighted by Gasteiger charge is 2.08. The molecule has 0 saturated carbocycles. The molecule has 2 heterocycles. The first-order valence-corrected chi connectivity index (χ1v) is 6.32. The van der Waals surface area contributed by atoms with Crippen molar-refractivity contribution in [3.63, 3.8) is 0 Å². The molecule has 0 N–H and O–H groups in total. The molecule has 96 valence electrons. The van der Waals surface area contributed by atoms with Crippen LogP contribution in [0.15, 0.2) is 41.1 Å². The van der Waals surface area contributed by atoms with E-state index in [0.29, 0.717) is 11.3 Å². The molecule has 0 spiro atoms. The Bertz CT molecular complexity index is 757. The van der Waals surface area contributed by atoms with E-state index in [1.165, 1.54) is 13.2 Å².